The van der Waals surface area contributed by atoms with Crippen molar-refractivity contribution in [1.29, 1.82) is 0 Å². The van der Waals surface area contributed by atoms with Crippen LogP contribution in [0.4, 0.5) is 0 Å². The fourth-order valence-electron chi connectivity index (χ4n) is 4.78. The molecule has 0 aliphatic carbocycles. The first kappa shape index (κ1) is 21.2. The fourth-order valence-corrected chi connectivity index (χ4v) is 4.78. The molecule has 2 nitrogen and oxygen atoms in total. The van der Waals surface area contributed by atoms with Crippen LogP contribution in [0.5, 0.6) is 0 Å². The van der Waals surface area contributed by atoms with Crippen LogP contribution < -0.4 is 5.73 Å². The summed E-state index contributed by atoms with van der Waals surface area (Å²) in [6, 6.07) is 19.4. The van der Waals surface area contributed by atoms with Gasteiger partial charge < -0.3 is 10.6 Å². The lowest BCUT2D eigenvalue weighted by molar-refractivity contribution is 0.134. The minimum atomic E-state index is 0. The molecular formula is C22H30Cl2N2. The molecule has 0 spiro atoms. The first-order valence-electron chi connectivity index (χ1n) is 9.33. The first-order chi connectivity index (χ1) is 11.7. The molecule has 26 heavy (non-hydrogen) atoms. The summed E-state index contributed by atoms with van der Waals surface area (Å²) in [5.74, 6) is 0.851. The number of halogens is 2. The van der Waals surface area contributed by atoms with Crippen LogP contribution in [0.1, 0.15) is 36.8 Å². The van der Waals surface area contributed by atoms with Crippen molar-refractivity contribution in [2.45, 2.75) is 50.7 Å². The summed E-state index contributed by atoms with van der Waals surface area (Å²) in [5.41, 5.74) is 11.1. The lowest BCUT2D eigenvalue weighted by atomic mass is 9.85. The molecule has 2 atom stereocenters. The predicted molar refractivity (Wildman–Crippen MR) is 115 cm³/mol. The molecule has 2 aromatic rings. The molecule has 4 heteroatoms. The second kappa shape index (κ2) is 9.23. The molecule has 142 valence electrons. The standard InChI is InChI=1S/C22H28N2.2ClH/c1-24-21-8-9-22(24)14-18(13-21)10-16-4-2-6-19(11-16)20-7-3-5-17(12-20)15-23;;/h2-7,11-12,18,21-22H,8-10,13-15,23H2,1H3;2*1H. The van der Waals surface area contributed by atoms with Gasteiger partial charge in [0.2, 0.25) is 0 Å². The fraction of sp³-hybridized carbons (Fsp3) is 0.455. The molecule has 0 radical (unpaired) electrons. The lowest BCUT2D eigenvalue weighted by Gasteiger charge is -2.36. The van der Waals surface area contributed by atoms with Crippen LogP contribution in [0, 0.1) is 5.92 Å². The van der Waals surface area contributed by atoms with Gasteiger partial charge in [-0.25, -0.2) is 0 Å². The Balaban J connectivity index is 0.00000121. The van der Waals surface area contributed by atoms with Gasteiger partial charge in [0, 0.05) is 18.6 Å². The van der Waals surface area contributed by atoms with Crippen LogP contribution in [0.2, 0.25) is 0 Å². The lowest BCUT2D eigenvalue weighted by Crippen LogP contribution is -2.40. The van der Waals surface area contributed by atoms with Crippen molar-refractivity contribution in [3.05, 3.63) is 59.7 Å². The topological polar surface area (TPSA) is 29.3 Å². The van der Waals surface area contributed by atoms with E-state index in [1.54, 1.807) is 0 Å². The molecular weight excluding hydrogens is 363 g/mol. The maximum atomic E-state index is 5.79. The number of rotatable bonds is 4. The zero-order valence-electron chi connectivity index (χ0n) is 15.4. The molecule has 2 aliphatic heterocycles. The summed E-state index contributed by atoms with van der Waals surface area (Å²) in [7, 11) is 2.32. The van der Waals surface area contributed by atoms with Crippen LogP contribution in [-0.2, 0) is 13.0 Å². The normalized spacial score (nSPS) is 24.6. The Morgan fingerprint density at radius 2 is 1.42 bits per heavy atom. The van der Waals surface area contributed by atoms with Gasteiger partial charge in [0.15, 0.2) is 0 Å². The minimum Gasteiger partial charge on any atom is -0.326 e. The van der Waals surface area contributed by atoms with Crippen molar-refractivity contribution < 1.29 is 0 Å². The molecule has 2 bridgehead atoms. The van der Waals surface area contributed by atoms with E-state index in [2.05, 4.69) is 60.5 Å². The van der Waals surface area contributed by atoms with E-state index in [1.807, 2.05) is 0 Å². The van der Waals surface area contributed by atoms with Crippen molar-refractivity contribution in [3.63, 3.8) is 0 Å². The SMILES string of the molecule is CN1C2CCC1CC(Cc1cccc(-c3cccc(CN)c3)c1)C2.Cl.Cl. The van der Waals surface area contributed by atoms with E-state index in [9.17, 15) is 0 Å². The zero-order chi connectivity index (χ0) is 16.5. The highest BCUT2D eigenvalue weighted by Gasteiger charge is 2.38. The number of fused-ring (bicyclic) bond motifs is 2. The van der Waals surface area contributed by atoms with E-state index in [0.717, 1.165) is 18.0 Å². The Bertz CT molecular complexity index is 705. The summed E-state index contributed by atoms with van der Waals surface area (Å²) in [6.07, 6.45) is 6.79. The predicted octanol–water partition coefficient (Wildman–Crippen LogP) is 5.07. The summed E-state index contributed by atoms with van der Waals surface area (Å²) in [5, 5.41) is 0. The number of hydrogen-bond acceptors (Lipinski definition) is 2. The third-order valence-electron chi connectivity index (χ3n) is 6.14. The van der Waals surface area contributed by atoms with E-state index in [-0.39, 0.29) is 24.8 Å². The molecule has 2 aliphatic rings. The maximum absolute atomic E-state index is 5.79. The summed E-state index contributed by atoms with van der Waals surface area (Å²) in [6.45, 7) is 0.603. The number of nitrogens with two attached hydrogens (primary N) is 1. The molecule has 4 rings (SSSR count). The highest BCUT2D eigenvalue weighted by molar-refractivity contribution is 5.85. The number of nitrogens with zero attached hydrogens (tertiary/aromatic N) is 1. The number of piperidine rings is 1. The van der Waals surface area contributed by atoms with Gasteiger partial charge in [-0.2, -0.15) is 0 Å². The van der Waals surface area contributed by atoms with Gasteiger partial charge in [-0.3, -0.25) is 0 Å². The molecule has 0 saturated carbocycles. The first-order valence-corrected chi connectivity index (χ1v) is 9.33. The minimum absolute atomic E-state index is 0. The van der Waals surface area contributed by atoms with E-state index in [4.69, 9.17) is 5.73 Å². The Morgan fingerprint density at radius 1 is 0.885 bits per heavy atom. The van der Waals surface area contributed by atoms with Crippen LogP contribution in [0.15, 0.2) is 48.5 Å². The van der Waals surface area contributed by atoms with E-state index in [1.165, 1.54) is 54.4 Å². The molecule has 2 unspecified atom stereocenters. The van der Waals surface area contributed by atoms with Gasteiger partial charge in [0.05, 0.1) is 0 Å². The van der Waals surface area contributed by atoms with Crippen molar-refractivity contribution >= 4 is 24.8 Å². The molecule has 2 saturated heterocycles. The highest BCUT2D eigenvalue weighted by atomic mass is 35.5. The average molecular weight is 393 g/mol. The summed E-state index contributed by atoms with van der Waals surface area (Å²) in [4.78, 5) is 2.63. The highest BCUT2D eigenvalue weighted by Crippen LogP contribution is 2.38. The van der Waals surface area contributed by atoms with Crippen molar-refractivity contribution in [3.8, 4) is 11.1 Å². The second-order valence-corrected chi connectivity index (χ2v) is 7.70. The van der Waals surface area contributed by atoms with E-state index >= 15 is 0 Å². The maximum Gasteiger partial charge on any atom is 0.0178 e. The zero-order valence-corrected chi connectivity index (χ0v) is 17.1. The Kier molecular flexibility index (Phi) is 7.54. The Hall–Kier alpha value is -1.06. The smallest absolute Gasteiger partial charge is 0.0178 e. The van der Waals surface area contributed by atoms with Crippen molar-refractivity contribution in [2.24, 2.45) is 11.7 Å². The second-order valence-electron chi connectivity index (χ2n) is 7.70. The largest absolute Gasteiger partial charge is 0.326 e. The van der Waals surface area contributed by atoms with Crippen LogP contribution >= 0.6 is 24.8 Å². The molecule has 2 aromatic carbocycles. The van der Waals surface area contributed by atoms with Gasteiger partial charge >= 0.3 is 0 Å². The number of hydrogen-bond donors (Lipinski definition) is 1. The summed E-state index contributed by atoms with van der Waals surface area (Å²) < 4.78 is 0. The molecule has 2 fully saturated rings. The molecule has 0 aromatic heterocycles. The van der Waals surface area contributed by atoms with Crippen LogP contribution in [-0.4, -0.2) is 24.0 Å². The van der Waals surface area contributed by atoms with Gasteiger partial charge in [0.25, 0.3) is 0 Å². The van der Waals surface area contributed by atoms with Gasteiger partial charge in [-0.15, -0.1) is 24.8 Å². The Morgan fingerprint density at radius 3 is 2.00 bits per heavy atom. The van der Waals surface area contributed by atoms with Crippen molar-refractivity contribution in [1.82, 2.24) is 4.90 Å². The van der Waals surface area contributed by atoms with Gasteiger partial charge in [0.1, 0.15) is 0 Å². The third kappa shape index (κ3) is 4.43. The van der Waals surface area contributed by atoms with Crippen LogP contribution in [0.25, 0.3) is 11.1 Å². The quantitative estimate of drug-likeness (QED) is 0.786. The van der Waals surface area contributed by atoms with Gasteiger partial charge in [-0.1, -0.05) is 42.5 Å². The van der Waals surface area contributed by atoms with Gasteiger partial charge in [-0.05, 0) is 73.4 Å². The van der Waals surface area contributed by atoms with E-state index < -0.39 is 0 Å². The van der Waals surface area contributed by atoms with Crippen LogP contribution in [0.3, 0.4) is 0 Å². The van der Waals surface area contributed by atoms with Crippen molar-refractivity contribution in [2.75, 3.05) is 7.05 Å². The van der Waals surface area contributed by atoms with E-state index in [0.29, 0.717) is 6.54 Å². The number of benzene rings is 2. The Labute approximate surface area is 170 Å². The molecule has 2 N–H and O–H groups in total. The summed E-state index contributed by atoms with van der Waals surface area (Å²) >= 11 is 0. The molecule has 2 heterocycles. The third-order valence-corrected chi connectivity index (χ3v) is 6.14. The average Bonchev–Trinajstić information content (AvgIpc) is 2.83. The molecule has 0 amide bonds. The monoisotopic (exact) mass is 392 g/mol.